The molecule has 0 spiro atoms. The van der Waals surface area contributed by atoms with Crippen molar-refractivity contribution in [3.8, 4) is 12.3 Å². The van der Waals surface area contributed by atoms with Gasteiger partial charge in [0.25, 0.3) is 0 Å². The van der Waals surface area contributed by atoms with Gasteiger partial charge in [0, 0.05) is 0 Å². The van der Waals surface area contributed by atoms with Crippen LogP contribution in [0.4, 0.5) is 0 Å². The lowest BCUT2D eigenvalue weighted by Gasteiger charge is -2.03. The summed E-state index contributed by atoms with van der Waals surface area (Å²) in [6, 6.07) is 8.13. The number of hydrogen-bond donors (Lipinski definition) is 0. The van der Waals surface area contributed by atoms with Crippen LogP contribution in [0.15, 0.2) is 24.3 Å². The van der Waals surface area contributed by atoms with Crippen molar-refractivity contribution < 1.29 is 4.74 Å². The van der Waals surface area contributed by atoms with Crippen molar-refractivity contribution in [1.82, 2.24) is 0 Å². The van der Waals surface area contributed by atoms with E-state index in [2.05, 4.69) is 18.9 Å². The van der Waals surface area contributed by atoms with Crippen molar-refractivity contribution >= 4 is 0 Å². The van der Waals surface area contributed by atoms with E-state index in [-0.39, 0.29) is 0 Å². The predicted octanol–water partition coefficient (Wildman–Crippen LogP) is 2.14. The first-order valence-electron chi connectivity index (χ1n) is 3.90. The molecule has 0 fully saturated rings. The molecule has 0 amide bonds. The van der Waals surface area contributed by atoms with Crippen molar-refractivity contribution in [1.29, 1.82) is 0 Å². The minimum atomic E-state index is 0.383. The molecular formula is C11H12O. The van der Waals surface area contributed by atoms with Gasteiger partial charge in [-0.1, -0.05) is 30.2 Å². The van der Waals surface area contributed by atoms with E-state index in [9.17, 15) is 0 Å². The molecule has 0 aliphatic rings. The van der Waals surface area contributed by atoms with E-state index in [0.29, 0.717) is 13.2 Å². The maximum atomic E-state index is 5.21. The fourth-order valence-corrected chi connectivity index (χ4v) is 0.992. The van der Waals surface area contributed by atoms with E-state index in [4.69, 9.17) is 11.2 Å². The molecule has 1 aromatic rings. The highest BCUT2D eigenvalue weighted by molar-refractivity contribution is 5.24. The number of terminal acetylenes is 1. The summed E-state index contributed by atoms with van der Waals surface area (Å²) in [5.74, 6) is 2.44. The Morgan fingerprint density at radius 1 is 1.42 bits per heavy atom. The van der Waals surface area contributed by atoms with Crippen LogP contribution >= 0.6 is 0 Å². The van der Waals surface area contributed by atoms with Gasteiger partial charge in [-0.3, -0.25) is 0 Å². The highest BCUT2D eigenvalue weighted by atomic mass is 16.5. The molecule has 0 unspecified atom stereocenters. The topological polar surface area (TPSA) is 9.23 Å². The van der Waals surface area contributed by atoms with Crippen molar-refractivity contribution in [2.45, 2.75) is 13.5 Å². The molecule has 0 aliphatic carbocycles. The fraction of sp³-hybridized carbons (Fsp3) is 0.273. The van der Waals surface area contributed by atoms with Gasteiger partial charge in [-0.25, -0.2) is 0 Å². The third kappa shape index (κ3) is 2.41. The number of hydrogen-bond acceptors (Lipinski definition) is 1. The van der Waals surface area contributed by atoms with Crippen LogP contribution < -0.4 is 0 Å². The molecule has 0 saturated carbocycles. The molecule has 0 radical (unpaired) electrons. The average Bonchev–Trinajstić information content (AvgIpc) is 2.09. The third-order valence-electron chi connectivity index (χ3n) is 1.70. The van der Waals surface area contributed by atoms with Gasteiger partial charge in [-0.05, 0) is 18.1 Å². The summed E-state index contributed by atoms with van der Waals surface area (Å²) in [7, 11) is 0. The highest BCUT2D eigenvalue weighted by Crippen LogP contribution is 2.07. The molecule has 0 aliphatic heterocycles. The Morgan fingerprint density at radius 2 is 2.17 bits per heavy atom. The van der Waals surface area contributed by atoms with Crippen molar-refractivity contribution in [2.75, 3.05) is 6.61 Å². The van der Waals surface area contributed by atoms with Gasteiger partial charge in [0.05, 0.1) is 6.61 Å². The number of aryl methyl sites for hydroxylation is 1. The average molecular weight is 160 g/mol. The molecule has 0 heterocycles. The zero-order valence-electron chi connectivity index (χ0n) is 7.21. The zero-order chi connectivity index (χ0) is 8.81. The molecule has 1 nitrogen and oxygen atoms in total. The minimum absolute atomic E-state index is 0.383. The summed E-state index contributed by atoms with van der Waals surface area (Å²) in [5, 5.41) is 0. The van der Waals surface area contributed by atoms with Crippen LogP contribution in [-0.2, 0) is 11.3 Å². The van der Waals surface area contributed by atoms with Gasteiger partial charge in [0.1, 0.15) is 6.61 Å². The number of benzene rings is 1. The summed E-state index contributed by atoms with van der Waals surface area (Å²) < 4.78 is 5.21. The summed E-state index contributed by atoms with van der Waals surface area (Å²) in [5.41, 5.74) is 2.45. The van der Waals surface area contributed by atoms with E-state index in [1.165, 1.54) is 11.1 Å². The normalized spacial score (nSPS) is 9.33. The Balaban J connectivity index is 2.53. The molecule has 0 atom stereocenters. The fourth-order valence-electron chi connectivity index (χ4n) is 0.992. The monoisotopic (exact) mass is 160 g/mol. The lowest BCUT2D eigenvalue weighted by molar-refractivity contribution is 0.153. The van der Waals surface area contributed by atoms with Crippen LogP contribution in [-0.4, -0.2) is 6.61 Å². The molecule has 0 saturated heterocycles. The van der Waals surface area contributed by atoms with E-state index in [1.54, 1.807) is 0 Å². The molecular weight excluding hydrogens is 148 g/mol. The smallest absolute Gasteiger partial charge is 0.107 e. The van der Waals surface area contributed by atoms with Crippen LogP contribution in [0, 0.1) is 19.3 Å². The molecule has 12 heavy (non-hydrogen) atoms. The van der Waals surface area contributed by atoms with Crippen LogP contribution in [0.2, 0.25) is 0 Å². The highest BCUT2D eigenvalue weighted by Gasteiger charge is 1.94. The Morgan fingerprint density at radius 3 is 2.83 bits per heavy atom. The van der Waals surface area contributed by atoms with Gasteiger partial charge in [0.2, 0.25) is 0 Å². The Kier molecular flexibility index (Phi) is 3.37. The van der Waals surface area contributed by atoms with Crippen LogP contribution in [0.25, 0.3) is 0 Å². The van der Waals surface area contributed by atoms with E-state index in [0.717, 1.165) is 0 Å². The summed E-state index contributed by atoms with van der Waals surface area (Å²) in [4.78, 5) is 0. The summed E-state index contributed by atoms with van der Waals surface area (Å²) in [6.45, 7) is 3.06. The van der Waals surface area contributed by atoms with Crippen molar-refractivity contribution in [3.63, 3.8) is 0 Å². The van der Waals surface area contributed by atoms with Crippen molar-refractivity contribution in [2.24, 2.45) is 0 Å². The number of rotatable bonds is 3. The molecule has 0 aromatic heterocycles. The van der Waals surface area contributed by atoms with Crippen LogP contribution in [0.5, 0.6) is 0 Å². The SMILES string of the molecule is C#CCOCc1ccccc1C. The molecule has 1 heteroatoms. The van der Waals surface area contributed by atoms with E-state index < -0.39 is 0 Å². The van der Waals surface area contributed by atoms with Gasteiger partial charge in [-0.15, -0.1) is 6.42 Å². The summed E-state index contributed by atoms with van der Waals surface area (Å²) in [6.07, 6.45) is 5.06. The first kappa shape index (κ1) is 8.83. The first-order chi connectivity index (χ1) is 5.84. The van der Waals surface area contributed by atoms with Gasteiger partial charge in [0.15, 0.2) is 0 Å². The molecule has 62 valence electrons. The first-order valence-corrected chi connectivity index (χ1v) is 3.90. The maximum Gasteiger partial charge on any atom is 0.107 e. The van der Waals surface area contributed by atoms with Crippen LogP contribution in [0.1, 0.15) is 11.1 Å². The molecule has 0 N–H and O–H groups in total. The molecule has 1 aromatic carbocycles. The second-order valence-corrected chi connectivity index (χ2v) is 2.62. The summed E-state index contributed by atoms with van der Waals surface area (Å²) >= 11 is 0. The second-order valence-electron chi connectivity index (χ2n) is 2.62. The maximum absolute atomic E-state index is 5.21. The third-order valence-corrected chi connectivity index (χ3v) is 1.70. The predicted molar refractivity (Wildman–Crippen MR) is 49.7 cm³/mol. The van der Waals surface area contributed by atoms with E-state index in [1.807, 2.05) is 18.2 Å². The van der Waals surface area contributed by atoms with Crippen molar-refractivity contribution in [3.05, 3.63) is 35.4 Å². The minimum Gasteiger partial charge on any atom is -0.364 e. The molecule has 1 rings (SSSR count). The van der Waals surface area contributed by atoms with Gasteiger partial charge >= 0.3 is 0 Å². The molecule has 0 bridgehead atoms. The lowest BCUT2D eigenvalue weighted by Crippen LogP contribution is -1.94. The quantitative estimate of drug-likeness (QED) is 0.486. The van der Waals surface area contributed by atoms with E-state index >= 15 is 0 Å². The Hall–Kier alpha value is -1.26. The Labute approximate surface area is 73.4 Å². The second kappa shape index (κ2) is 4.58. The lowest BCUT2D eigenvalue weighted by atomic mass is 10.1. The zero-order valence-corrected chi connectivity index (χ0v) is 7.21. The van der Waals surface area contributed by atoms with Crippen LogP contribution in [0.3, 0.4) is 0 Å². The standard InChI is InChI=1S/C11H12O/c1-3-8-12-9-11-7-5-4-6-10(11)2/h1,4-7H,8-9H2,2H3. The van der Waals surface area contributed by atoms with Gasteiger partial charge < -0.3 is 4.74 Å². The Bertz CT molecular complexity index is 283. The number of ether oxygens (including phenoxy) is 1. The largest absolute Gasteiger partial charge is 0.364 e. The van der Waals surface area contributed by atoms with Gasteiger partial charge in [-0.2, -0.15) is 0 Å².